The monoisotopic (exact) mass is 354 g/mol. The van der Waals surface area contributed by atoms with Gasteiger partial charge in [-0.25, -0.2) is 8.93 Å². The Balaban J connectivity index is 1.96. The smallest absolute Gasteiger partial charge is 0.254 e. The van der Waals surface area contributed by atoms with Gasteiger partial charge in [-0.2, -0.15) is 13.2 Å². The molecule has 0 fully saturated rings. The number of para-hydroxylation sites is 1. The molecule has 2 unspecified atom stereocenters. The first kappa shape index (κ1) is 17.1. The minimum atomic E-state index is -4.13. The fourth-order valence-corrected chi connectivity index (χ4v) is 3.61. The highest BCUT2D eigenvalue weighted by Gasteiger charge is 2.39. The molecule has 7 heteroatoms. The van der Waals surface area contributed by atoms with Gasteiger partial charge in [0.1, 0.15) is 11.0 Å². The third kappa shape index (κ3) is 3.37. The van der Waals surface area contributed by atoms with Gasteiger partial charge in [0.2, 0.25) is 0 Å². The average Bonchev–Trinajstić information content (AvgIpc) is 2.59. The Kier molecular flexibility index (Phi) is 4.73. The Labute approximate surface area is 140 Å². The summed E-state index contributed by atoms with van der Waals surface area (Å²) in [7, 11) is 0.273. The van der Waals surface area contributed by atoms with E-state index in [2.05, 4.69) is 9.71 Å². The van der Waals surface area contributed by atoms with Crippen LogP contribution in [0.5, 0.6) is 0 Å². The normalized spacial score (nSPS) is 20.0. The standard InChI is InChI=1S/C17H17F3N2OS/c1-21-24(23)14-9-12-3-2-4-15(16(12)22-10-14)11-5-7-13(8-6-11)17(18,19)20/h2-5,9-10,13,21H,6-8H2,1H3. The molecule has 2 atom stereocenters. The van der Waals surface area contributed by atoms with Gasteiger partial charge in [-0.15, -0.1) is 0 Å². The van der Waals surface area contributed by atoms with E-state index in [4.69, 9.17) is 0 Å². The molecule has 0 aliphatic heterocycles. The van der Waals surface area contributed by atoms with Crippen LogP contribution in [0.15, 0.2) is 41.4 Å². The maximum atomic E-state index is 12.8. The predicted octanol–water partition coefficient (Wildman–Crippen LogP) is 4.22. The lowest BCUT2D eigenvalue weighted by atomic mass is 9.85. The molecule has 0 amide bonds. The molecule has 0 saturated carbocycles. The minimum absolute atomic E-state index is 0.0110. The molecule has 128 valence electrons. The number of alkyl halides is 3. The summed E-state index contributed by atoms with van der Waals surface area (Å²) in [6, 6.07) is 7.39. The fraction of sp³-hybridized carbons (Fsp3) is 0.353. The third-order valence-corrected chi connectivity index (χ3v) is 5.33. The Morgan fingerprint density at radius 1 is 1.33 bits per heavy atom. The van der Waals surface area contributed by atoms with Crippen LogP contribution in [0.25, 0.3) is 16.5 Å². The first-order valence-corrected chi connectivity index (χ1v) is 8.79. The van der Waals surface area contributed by atoms with Gasteiger partial charge in [-0.1, -0.05) is 24.3 Å². The van der Waals surface area contributed by atoms with E-state index in [1.165, 1.54) is 0 Å². The molecule has 0 saturated heterocycles. The van der Waals surface area contributed by atoms with Gasteiger partial charge in [0.25, 0.3) is 0 Å². The second-order valence-corrected chi connectivity index (χ2v) is 7.18. The molecule has 1 aromatic carbocycles. The van der Waals surface area contributed by atoms with Crippen molar-refractivity contribution in [2.24, 2.45) is 5.92 Å². The van der Waals surface area contributed by atoms with Crippen molar-refractivity contribution < 1.29 is 17.4 Å². The average molecular weight is 354 g/mol. The lowest BCUT2D eigenvalue weighted by Gasteiger charge is -2.24. The van der Waals surface area contributed by atoms with E-state index in [0.717, 1.165) is 22.0 Å². The topological polar surface area (TPSA) is 42.0 Å². The van der Waals surface area contributed by atoms with Crippen molar-refractivity contribution in [1.82, 2.24) is 9.71 Å². The molecular weight excluding hydrogens is 337 g/mol. The van der Waals surface area contributed by atoms with Gasteiger partial charge in [0, 0.05) is 17.1 Å². The Bertz CT molecular complexity index is 817. The zero-order valence-electron chi connectivity index (χ0n) is 13.1. The molecule has 24 heavy (non-hydrogen) atoms. The second-order valence-electron chi connectivity index (χ2n) is 5.76. The number of aromatic nitrogens is 1. The SMILES string of the molecule is CNS(=O)c1cnc2c(C3=CCC(C(F)(F)F)CC3)cccc2c1. The Hall–Kier alpha value is -1.73. The highest BCUT2D eigenvalue weighted by Crippen LogP contribution is 2.40. The number of pyridine rings is 1. The van der Waals surface area contributed by atoms with Crippen LogP contribution in [0.2, 0.25) is 0 Å². The molecule has 1 aliphatic carbocycles. The second kappa shape index (κ2) is 6.64. The van der Waals surface area contributed by atoms with Gasteiger partial charge in [-0.3, -0.25) is 4.98 Å². The maximum absolute atomic E-state index is 12.8. The molecule has 3 rings (SSSR count). The largest absolute Gasteiger partial charge is 0.392 e. The van der Waals surface area contributed by atoms with E-state index < -0.39 is 23.1 Å². The van der Waals surface area contributed by atoms with E-state index in [1.807, 2.05) is 18.2 Å². The van der Waals surface area contributed by atoms with Crippen molar-refractivity contribution in [1.29, 1.82) is 0 Å². The molecular formula is C17H17F3N2OS. The highest BCUT2D eigenvalue weighted by atomic mass is 32.2. The van der Waals surface area contributed by atoms with Crippen LogP contribution in [0.1, 0.15) is 24.8 Å². The van der Waals surface area contributed by atoms with Crippen molar-refractivity contribution in [3.05, 3.63) is 42.1 Å². The maximum Gasteiger partial charge on any atom is 0.392 e. The van der Waals surface area contributed by atoms with E-state index in [1.54, 1.807) is 25.4 Å². The van der Waals surface area contributed by atoms with Gasteiger partial charge >= 0.3 is 6.18 Å². The third-order valence-electron chi connectivity index (χ3n) is 4.31. The summed E-state index contributed by atoms with van der Waals surface area (Å²) in [4.78, 5) is 4.96. The molecule has 1 aromatic heterocycles. The number of hydrogen-bond acceptors (Lipinski definition) is 2. The lowest BCUT2D eigenvalue weighted by Crippen LogP contribution is -2.24. The van der Waals surface area contributed by atoms with Crippen LogP contribution in [0.3, 0.4) is 0 Å². The minimum Gasteiger partial charge on any atom is -0.254 e. The van der Waals surface area contributed by atoms with Crippen molar-refractivity contribution in [3.63, 3.8) is 0 Å². The molecule has 0 bridgehead atoms. The summed E-state index contributed by atoms with van der Waals surface area (Å²) in [5.74, 6) is -1.26. The number of halogens is 3. The van der Waals surface area contributed by atoms with Crippen molar-refractivity contribution >= 4 is 27.5 Å². The molecule has 3 nitrogen and oxygen atoms in total. The number of nitrogens with zero attached hydrogens (tertiary/aromatic N) is 1. The van der Waals surface area contributed by atoms with Gasteiger partial charge in [0.15, 0.2) is 0 Å². The van der Waals surface area contributed by atoms with Crippen LogP contribution in [-0.2, 0) is 11.0 Å². The van der Waals surface area contributed by atoms with E-state index in [-0.39, 0.29) is 12.8 Å². The molecule has 1 heterocycles. The summed E-state index contributed by atoms with van der Waals surface area (Å²) >= 11 is 0. The van der Waals surface area contributed by atoms with Gasteiger partial charge in [0.05, 0.1) is 16.3 Å². The van der Waals surface area contributed by atoms with Gasteiger partial charge in [-0.05, 0) is 37.9 Å². The Morgan fingerprint density at radius 2 is 2.12 bits per heavy atom. The number of nitrogens with one attached hydrogen (secondary N) is 1. The van der Waals surface area contributed by atoms with Crippen LogP contribution in [-0.4, -0.2) is 22.4 Å². The van der Waals surface area contributed by atoms with Crippen LogP contribution in [0.4, 0.5) is 13.2 Å². The fourth-order valence-electron chi connectivity index (χ4n) is 3.00. The van der Waals surface area contributed by atoms with E-state index in [9.17, 15) is 17.4 Å². The molecule has 0 radical (unpaired) electrons. The van der Waals surface area contributed by atoms with Crippen LogP contribution >= 0.6 is 0 Å². The number of fused-ring (bicyclic) bond motifs is 1. The summed E-state index contributed by atoms with van der Waals surface area (Å²) < 4.78 is 52.9. The summed E-state index contributed by atoms with van der Waals surface area (Å²) in [5, 5.41) is 0.826. The summed E-state index contributed by atoms with van der Waals surface area (Å²) in [5.41, 5.74) is 2.48. The quantitative estimate of drug-likeness (QED) is 0.897. The number of rotatable bonds is 3. The highest BCUT2D eigenvalue weighted by molar-refractivity contribution is 7.83. The van der Waals surface area contributed by atoms with E-state index in [0.29, 0.717) is 11.3 Å². The molecule has 0 spiro atoms. The lowest BCUT2D eigenvalue weighted by molar-refractivity contribution is -0.175. The van der Waals surface area contributed by atoms with Crippen LogP contribution in [0, 0.1) is 5.92 Å². The zero-order valence-corrected chi connectivity index (χ0v) is 13.9. The summed E-state index contributed by atoms with van der Waals surface area (Å²) in [6.45, 7) is 0. The number of allylic oxidation sites excluding steroid dienone is 2. The van der Waals surface area contributed by atoms with E-state index >= 15 is 0 Å². The number of hydrogen-bond donors (Lipinski definition) is 1. The van der Waals surface area contributed by atoms with Crippen molar-refractivity contribution in [2.75, 3.05) is 7.05 Å². The Morgan fingerprint density at radius 3 is 2.75 bits per heavy atom. The first-order chi connectivity index (χ1) is 11.4. The first-order valence-electron chi connectivity index (χ1n) is 7.64. The molecule has 2 aromatic rings. The number of benzene rings is 1. The van der Waals surface area contributed by atoms with Crippen molar-refractivity contribution in [2.45, 2.75) is 30.3 Å². The summed E-state index contributed by atoms with van der Waals surface area (Å²) in [6.07, 6.45) is -0.414. The van der Waals surface area contributed by atoms with Crippen molar-refractivity contribution in [3.8, 4) is 0 Å². The molecule has 1 aliphatic rings. The zero-order chi connectivity index (χ0) is 17.3. The molecule has 1 N–H and O–H groups in total. The predicted molar refractivity (Wildman–Crippen MR) is 88.6 cm³/mol. The van der Waals surface area contributed by atoms with Gasteiger partial charge < -0.3 is 0 Å². The van der Waals surface area contributed by atoms with Crippen LogP contribution < -0.4 is 4.72 Å².